The Morgan fingerprint density at radius 1 is 1.25 bits per heavy atom. The number of likely N-dealkylation sites (N-methyl/N-ethyl adjacent to an activating group) is 1. The van der Waals surface area contributed by atoms with E-state index in [2.05, 4.69) is 51.3 Å². The zero-order chi connectivity index (χ0) is 23.9. The van der Waals surface area contributed by atoms with E-state index in [1.807, 2.05) is 40.5 Å². The lowest BCUT2D eigenvalue weighted by Gasteiger charge is -2.29. The first-order chi connectivity index (χ1) is 15.3. The second kappa shape index (κ2) is 16.1. The number of halogens is 1. The maximum Gasteiger partial charge on any atom is 0.163 e. The fourth-order valence-corrected chi connectivity index (χ4v) is 4.24. The Balaban J connectivity index is 2.75. The highest BCUT2D eigenvalue weighted by molar-refractivity contribution is 8.17. The number of ether oxygens (including phenoxy) is 1. The van der Waals surface area contributed by atoms with Gasteiger partial charge in [-0.15, -0.1) is 0 Å². The molecule has 0 N–H and O–H groups in total. The molecule has 0 aromatic rings. The Hall–Kier alpha value is -1.57. The zero-order valence-electron chi connectivity index (χ0n) is 20.6. The highest BCUT2D eigenvalue weighted by Crippen LogP contribution is 2.26. The van der Waals surface area contributed by atoms with E-state index in [1.54, 1.807) is 11.8 Å². The third kappa shape index (κ3) is 10.8. The Morgan fingerprint density at radius 2 is 1.91 bits per heavy atom. The molecule has 1 fully saturated rings. The minimum atomic E-state index is 0.500. The molecule has 0 aliphatic carbocycles. The van der Waals surface area contributed by atoms with E-state index in [0.717, 1.165) is 66.5 Å². The van der Waals surface area contributed by atoms with Crippen LogP contribution in [-0.4, -0.2) is 81.0 Å². The van der Waals surface area contributed by atoms with Gasteiger partial charge < -0.3 is 14.5 Å². The van der Waals surface area contributed by atoms with E-state index in [1.165, 1.54) is 5.57 Å². The van der Waals surface area contributed by atoms with Crippen LogP contribution in [0.5, 0.6) is 0 Å². The number of rotatable bonds is 11. The number of hydrogen-bond donors (Lipinski definition) is 0. The third-order valence-electron chi connectivity index (χ3n) is 5.09. The first-order valence-corrected chi connectivity index (χ1v) is 12.4. The van der Waals surface area contributed by atoms with Crippen LogP contribution in [0.2, 0.25) is 0 Å². The molecule has 1 saturated heterocycles. The molecule has 8 heteroatoms. The molecule has 0 bridgehead atoms. The van der Waals surface area contributed by atoms with Gasteiger partial charge in [-0.2, -0.15) is 0 Å². The highest BCUT2D eigenvalue weighted by Gasteiger charge is 2.17. The highest BCUT2D eigenvalue weighted by atomic mass is 35.5. The number of morpholine rings is 1. The van der Waals surface area contributed by atoms with Gasteiger partial charge in [0, 0.05) is 55.6 Å². The van der Waals surface area contributed by atoms with E-state index < -0.39 is 0 Å². The van der Waals surface area contributed by atoms with Crippen molar-refractivity contribution in [3.8, 4) is 0 Å². The molecule has 0 aromatic heterocycles. The summed E-state index contributed by atoms with van der Waals surface area (Å²) in [7, 11) is 3.84. The molecule has 6 nitrogen and oxygen atoms in total. The molecule has 1 aliphatic rings. The molecule has 0 unspecified atom stereocenters. The molecule has 1 heterocycles. The smallest absolute Gasteiger partial charge is 0.163 e. The van der Waals surface area contributed by atoms with Crippen LogP contribution in [0.15, 0.2) is 48.8 Å². The van der Waals surface area contributed by atoms with Gasteiger partial charge in [-0.3, -0.25) is 15.0 Å². The van der Waals surface area contributed by atoms with Crippen molar-refractivity contribution in [2.75, 3.05) is 53.5 Å². The molecule has 0 amide bonds. The van der Waals surface area contributed by atoms with Crippen LogP contribution >= 0.6 is 23.4 Å². The minimum absolute atomic E-state index is 0.500. The van der Waals surface area contributed by atoms with Crippen molar-refractivity contribution >= 4 is 41.1 Å². The van der Waals surface area contributed by atoms with Crippen LogP contribution in [-0.2, 0) is 4.74 Å². The van der Waals surface area contributed by atoms with Crippen LogP contribution < -0.4 is 0 Å². The van der Waals surface area contributed by atoms with Gasteiger partial charge in [-0.05, 0) is 38.2 Å². The molecule has 32 heavy (non-hydrogen) atoms. The fourth-order valence-electron chi connectivity index (χ4n) is 3.16. The summed E-state index contributed by atoms with van der Waals surface area (Å²) in [4.78, 5) is 18.8. The van der Waals surface area contributed by atoms with Crippen molar-refractivity contribution in [3.63, 3.8) is 0 Å². The topological polar surface area (TPSA) is 52.8 Å². The SMILES string of the molecule is C=C(C)N=C/C(=C\CN(C)C=NC/C(SC(=NC)N1CCOCC1)=C(/C)Cl)C(CC)CC. The second-order valence-electron chi connectivity index (χ2n) is 7.77. The van der Waals surface area contributed by atoms with E-state index >= 15 is 0 Å². The normalized spacial score (nSPS) is 16.9. The Bertz CT molecular complexity index is 731. The summed E-state index contributed by atoms with van der Waals surface area (Å²) in [6, 6.07) is 0. The first kappa shape index (κ1) is 28.5. The Labute approximate surface area is 204 Å². The van der Waals surface area contributed by atoms with Gasteiger partial charge in [-0.1, -0.05) is 49.9 Å². The number of thioether (sulfide) groups is 1. The Morgan fingerprint density at radius 3 is 2.44 bits per heavy atom. The molecule has 0 spiro atoms. The van der Waals surface area contributed by atoms with E-state index in [9.17, 15) is 0 Å². The molecule has 1 rings (SSSR count). The number of amidine groups is 1. The van der Waals surface area contributed by atoms with E-state index in [-0.39, 0.29) is 0 Å². The summed E-state index contributed by atoms with van der Waals surface area (Å²) in [5, 5.41) is 1.71. The van der Waals surface area contributed by atoms with Gasteiger partial charge >= 0.3 is 0 Å². The van der Waals surface area contributed by atoms with Crippen LogP contribution in [0.4, 0.5) is 0 Å². The summed E-state index contributed by atoms with van der Waals surface area (Å²) < 4.78 is 5.44. The monoisotopic (exact) mass is 481 g/mol. The predicted octanol–water partition coefficient (Wildman–Crippen LogP) is 5.44. The van der Waals surface area contributed by atoms with Gasteiger partial charge in [0.15, 0.2) is 5.17 Å². The molecule has 180 valence electrons. The summed E-state index contributed by atoms with van der Waals surface area (Å²) in [6.07, 6.45) is 8.24. The summed E-state index contributed by atoms with van der Waals surface area (Å²) in [6.45, 7) is 16.5. The van der Waals surface area contributed by atoms with Gasteiger partial charge in [0.05, 0.1) is 26.1 Å². The standard InChI is InChI=1S/C24H40ClN5OS/c1-8-21(9-2)22(16-28-19(3)4)10-11-29(7)18-27-17-23(20(5)25)32-24(26-6)30-12-14-31-15-13-30/h10,16,18,21H,3,8-9,11-15,17H2,1-2,4-7H3/b22-10+,23-20+,26-24?,27-18?,28-16?. The quantitative estimate of drug-likeness (QED) is 0.291. The predicted molar refractivity (Wildman–Crippen MR) is 143 cm³/mol. The van der Waals surface area contributed by atoms with Gasteiger partial charge in [0.25, 0.3) is 0 Å². The molecular formula is C24H40ClN5OS. The van der Waals surface area contributed by atoms with Crippen molar-refractivity contribution in [3.05, 3.63) is 33.9 Å². The molecule has 0 saturated carbocycles. The first-order valence-electron chi connectivity index (χ1n) is 11.2. The van der Waals surface area contributed by atoms with Crippen molar-refractivity contribution in [2.24, 2.45) is 20.9 Å². The molecule has 0 radical (unpaired) electrons. The summed E-state index contributed by atoms with van der Waals surface area (Å²) in [5.41, 5.74) is 2.07. The lowest BCUT2D eigenvalue weighted by Crippen LogP contribution is -2.39. The van der Waals surface area contributed by atoms with E-state index in [0.29, 0.717) is 12.5 Å². The second-order valence-corrected chi connectivity index (χ2v) is 9.40. The molecule has 0 aromatic carbocycles. The fraction of sp³-hybridized carbons (Fsp3) is 0.625. The van der Waals surface area contributed by atoms with Crippen LogP contribution in [0, 0.1) is 5.92 Å². The average Bonchev–Trinajstić information content (AvgIpc) is 2.78. The van der Waals surface area contributed by atoms with Crippen LogP contribution in [0.1, 0.15) is 40.5 Å². The molecule has 1 aliphatic heterocycles. The largest absolute Gasteiger partial charge is 0.378 e. The lowest BCUT2D eigenvalue weighted by molar-refractivity contribution is 0.0693. The van der Waals surface area contributed by atoms with Crippen LogP contribution in [0.25, 0.3) is 0 Å². The van der Waals surface area contributed by atoms with Crippen LogP contribution in [0.3, 0.4) is 0 Å². The zero-order valence-corrected chi connectivity index (χ0v) is 22.2. The lowest BCUT2D eigenvalue weighted by atomic mass is 9.94. The van der Waals surface area contributed by atoms with Gasteiger partial charge in [0.2, 0.25) is 0 Å². The number of nitrogens with zero attached hydrogens (tertiary/aromatic N) is 5. The Kier molecular flexibility index (Phi) is 14.3. The van der Waals surface area contributed by atoms with E-state index in [4.69, 9.17) is 16.3 Å². The van der Waals surface area contributed by atoms with Gasteiger partial charge in [-0.25, -0.2) is 0 Å². The minimum Gasteiger partial charge on any atom is -0.378 e. The number of hydrogen-bond acceptors (Lipinski definition) is 5. The maximum atomic E-state index is 6.37. The summed E-state index contributed by atoms with van der Waals surface area (Å²) in [5.74, 6) is 0.500. The average molecular weight is 482 g/mol. The number of aliphatic imine (C=N–C) groups is 3. The van der Waals surface area contributed by atoms with Crippen molar-refractivity contribution in [1.29, 1.82) is 0 Å². The maximum absolute atomic E-state index is 6.37. The number of allylic oxidation sites excluding steroid dienone is 3. The van der Waals surface area contributed by atoms with Gasteiger partial charge in [0.1, 0.15) is 0 Å². The van der Waals surface area contributed by atoms with Crippen molar-refractivity contribution in [1.82, 2.24) is 9.80 Å². The van der Waals surface area contributed by atoms with Crippen molar-refractivity contribution < 1.29 is 4.74 Å². The molecular weight excluding hydrogens is 442 g/mol. The molecule has 0 atom stereocenters. The third-order valence-corrected chi connectivity index (χ3v) is 6.74. The van der Waals surface area contributed by atoms with Crippen molar-refractivity contribution in [2.45, 2.75) is 40.5 Å². The summed E-state index contributed by atoms with van der Waals surface area (Å²) >= 11 is 7.96.